The van der Waals surface area contributed by atoms with Crippen molar-refractivity contribution in [3.8, 4) is 0 Å². The Hall–Kier alpha value is -1.73. The standard InChI is InChI=1S/C25H43N5O2/c1-19-17-29(12-10-20-6-8-21(9-7-20)26-18-31)13-14-30(19)23-16-22(11-15-32-5)27-24(28-23)25(2,3)4/h16,18-21H,6-15,17H2,1-5H3,(H,26,31). The van der Waals surface area contributed by atoms with E-state index in [9.17, 15) is 4.79 Å². The molecule has 1 atom stereocenters. The van der Waals surface area contributed by atoms with E-state index in [1.807, 2.05) is 0 Å². The van der Waals surface area contributed by atoms with E-state index in [-0.39, 0.29) is 5.41 Å². The lowest BCUT2D eigenvalue weighted by molar-refractivity contribution is -0.110. The van der Waals surface area contributed by atoms with E-state index < -0.39 is 0 Å². The highest BCUT2D eigenvalue weighted by Gasteiger charge is 2.28. The number of hydrogen-bond donors (Lipinski definition) is 1. The Morgan fingerprint density at radius 3 is 2.56 bits per heavy atom. The predicted molar refractivity (Wildman–Crippen MR) is 129 cm³/mol. The normalized spacial score (nSPS) is 25.0. The molecule has 0 radical (unpaired) electrons. The van der Waals surface area contributed by atoms with E-state index in [4.69, 9.17) is 14.7 Å². The van der Waals surface area contributed by atoms with E-state index in [0.29, 0.717) is 18.7 Å². The van der Waals surface area contributed by atoms with Crippen molar-refractivity contribution in [1.29, 1.82) is 0 Å². The number of carbonyl (C=O) groups excluding carboxylic acids is 1. The van der Waals surface area contributed by atoms with Gasteiger partial charge >= 0.3 is 0 Å². The molecular weight excluding hydrogens is 402 g/mol. The molecule has 1 amide bonds. The molecule has 180 valence electrons. The van der Waals surface area contributed by atoms with Crippen LogP contribution in [0.25, 0.3) is 0 Å². The average Bonchev–Trinajstić information content (AvgIpc) is 2.76. The zero-order valence-electron chi connectivity index (χ0n) is 20.8. The van der Waals surface area contributed by atoms with Crippen LogP contribution in [0.1, 0.15) is 71.3 Å². The first-order valence-electron chi connectivity index (χ1n) is 12.4. The molecule has 2 aliphatic rings. The number of methoxy groups -OCH3 is 1. The molecule has 32 heavy (non-hydrogen) atoms. The summed E-state index contributed by atoms with van der Waals surface area (Å²) in [5.41, 5.74) is 0.986. The van der Waals surface area contributed by atoms with Crippen LogP contribution in [0.15, 0.2) is 6.07 Å². The largest absolute Gasteiger partial charge is 0.384 e. The van der Waals surface area contributed by atoms with Gasteiger partial charge < -0.3 is 15.0 Å². The summed E-state index contributed by atoms with van der Waals surface area (Å²) in [6, 6.07) is 2.98. The molecule has 1 aromatic heterocycles. The Morgan fingerprint density at radius 2 is 1.94 bits per heavy atom. The monoisotopic (exact) mass is 445 g/mol. The third kappa shape index (κ3) is 6.88. The molecule has 0 bridgehead atoms. The first kappa shape index (κ1) is 24.9. The number of amides is 1. The van der Waals surface area contributed by atoms with E-state index >= 15 is 0 Å². The van der Waals surface area contributed by atoms with E-state index in [0.717, 1.165) is 68.6 Å². The van der Waals surface area contributed by atoms with Gasteiger partial charge in [-0.2, -0.15) is 0 Å². The van der Waals surface area contributed by atoms with Crippen LogP contribution in [0.3, 0.4) is 0 Å². The van der Waals surface area contributed by atoms with Crippen LogP contribution in [-0.2, 0) is 21.4 Å². The minimum atomic E-state index is -0.0802. The Balaban J connectivity index is 1.56. The summed E-state index contributed by atoms with van der Waals surface area (Å²) in [6.45, 7) is 13.8. The molecule has 2 heterocycles. The zero-order valence-corrected chi connectivity index (χ0v) is 20.8. The molecule has 0 spiro atoms. The van der Waals surface area contributed by atoms with Crippen LogP contribution in [0.5, 0.6) is 0 Å². The molecule has 3 rings (SSSR count). The molecule has 1 aliphatic heterocycles. The van der Waals surface area contributed by atoms with Crippen molar-refractivity contribution in [3.05, 3.63) is 17.6 Å². The van der Waals surface area contributed by atoms with Gasteiger partial charge in [-0.05, 0) is 51.5 Å². The molecule has 2 fully saturated rings. The molecule has 1 aliphatic carbocycles. The van der Waals surface area contributed by atoms with Crippen LogP contribution >= 0.6 is 0 Å². The highest BCUT2D eigenvalue weighted by Crippen LogP contribution is 2.28. The molecule has 1 N–H and O–H groups in total. The first-order valence-corrected chi connectivity index (χ1v) is 12.4. The summed E-state index contributed by atoms with van der Waals surface area (Å²) in [7, 11) is 1.74. The molecule has 7 heteroatoms. The lowest BCUT2D eigenvalue weighted by atomic mass is 9.84. The summed E-state index contributed by atoms with van der Waals surface area (Å²) in [6.07, 6.45) is 7.67. The maximum atomic E-state index is 10.6. The summed E-state index contributed by atoms with van der Waals surface area (Å²) >= 11 is 0. The molecule has 1 unspecified atom stereocenters. The predicted octanol–water partition coefficient (Wildman–Crippen LogP) is 3.17. The van der Waals surface area contributed by atoms with E-state index in [2.05, 4.69) is 48.9 Å². The molecule has 1 aromatic rings. The van der Waals surface area contributed by atoms with Crippen molar-refractivity contribution < 1.29 is 9.53 Å². The fourth-order valence-corrected chi connectivity index (χ4v) is 4.96. The third-order valence-electron chi connectivity index (χ3n) is 7.01. The number of hydrogen-bond acceptors (Lipinski definition) is 6. The summed E-state index contributed by atoms with van der Waals surface area (Å²) in [5, 5.41) is 2.95. The molecular formula is C25H43N5O2. The van der Waals surface area contributed by atoms with Crippen molar-refractivity contribution in [2.45, 2.75) is 83.7 Å². The Morgan fingerprint density at radius 1 is 1.19 bits per heavy atom. The van der Waals surface area contributed by atoms with Crippen LogP contribution in [0.2, 0.25) is 0 Å². The van der Waals surface area contributed by atoms with Gasteiger partial charge in [0.1, 0.15) is 11.6 Å². The lowest BCUT2D eigenvalue weighted by Crippen LogP contribution is -2.52. The van der Waals surface area contributed by atoms with E-state index in [1.165, 1.54) is 25.8 Å². The molecule has 1 saturated carbocycles. The fourth-order valence-electron chi connectivity index (χ4n) is 4.96. The van der Waals surface area contributed by atoms with Crippen LogP contribution < -0.4 is 10.2 Å². The van der Waals surface area contributed by atoms with Gasteiger partial charge in [0.15, 0.2) is 0 Å². The SMILES string of the molecule is COCCc1cc(N2CCN(CCC3CCC(NC=O)CC3)CC2C)nc(C(C)(C)C)n1. The van der Waals surface area contributed by atoms with Gasteiger partial charge in [-0.3, -0.25) is 9.69 Å². The van der Waals surface area contributed by atoms with Gasteiger partial charge in [-0.1, -0.05) is 20.8 Å². The smallest absolute Gasteiger partial charge is 0.207 e. The van der Waals surface area contributed by atoms with Crippen molar-refractivity contribution in [2.75, 3.05) is 44.8 Å². The number of ether oxygens (including phenoxy) is 1. The molecule has 1 saturated heterocycles. The third-order valence-corrected chi connectivity index (χ3v) is 7.01. The molecule has 7 nitrogen and oxygen atoms in total. The highest BCUT2D eigenvalue weighted by molar-refractivity contribution is 5.46. The number of aromatic nitrogens is 2. The van der Waals surface area contributed by atoms with Crippen LogP contribution in [0, 0.1) is 5.92 Å². The lowest BCUT2D eigenvalue weighted by Gasteiger charge is -2.41. The minimum Gasteiger partial charge on any atom is -0.384 e. The highest BCUT2D eigenvalue weighted by atomic mass is 16.5. The van der Waals surface area contributed by atoms with Crippen molar-refractivity contribution in [3.63, 3.8) is 0 Å². The van der Waals surface area contributed by atoms with Gasteiger partial charge in [-0.15, -0.1) is 0 Å². The van der Waals surface area contributed by atoms with Crippen molar-refractivity contribution >= 4 is 12.2 Å². The second kappa shape index (κ2) is 11.4. The summed E-state index contributed by atoms with van der Waals surface area (Å²) in [4.78, 5) is 25.5. The maximum absolute atomic E-state index is 10.6. The number of carbonyl (C=O) groups is 1. The van der Waals surface area contributed by atoms with E-state index in [1.54, 1.807) is 7.11 Å². The number of nitrogens with zero attached hydrogens (tertiary/aromatic N) is 4. The quantitative estimate of drug-likeness (QED) is 0.589. The van der Waals surface area contributed by atoms with Gasteiger partial charge in [-0.25, -0.2) is 9.97 Å². The van der Waals surface area contributed by atoms with Crippen LogP contribution in [0.4, 0.5) is 5.82 Å². The van der Waals surface area contributed by atoms with Gasteiger partial charge in [0.25, 0.3) is 0 Å². The van der Waals surface area contributed by atoms with Crippen molar-refractivity contribution in [2.24, 2.45) is 5.92 Å². The number of rotatable bonds is 9. The Kier molecular flexibility index (Phi) is 8.88. The minimum absolute atomic E-state index is 0.0802. The summed E-state index contributed by atoms with van der Waals surface area (Å²) in [5.74, 6) is 2.77. The first-order chi connectivity index (χ1) is 15.3. The number of piperazine rings is 1. The van der Waals surface area contributed by atoms with Crippen molar-refractivity contribution in [1.82, 2.24) is 20.2 Å². The second-order valence-corrected chi connectivity index (χ2v) is 10.7. The van der Waals surface area contributed by atoms with Crippen LogP contribution in [-0.4, -0.2) is 73.3 Å². The summed E-state index contributed by atoms with van der Waals surface area (Å²) < 4.78 is 5.29. The average molecular weight is 446 g/mol. The number of nitrogens with one attached hydrogen (secondary N) is 1. The Labute approximate surface area is 194 Å². The van der Waals surface area contributed by atoms with Gasteiger partial charge in [0.2, 0.25) is 6.41 Å². The molecule has 0 aromatic carbocycles. The maximum Gasteiger partial charge on any atom is 0.207 e. The van der Waals surface area contributed by atoms with Gasteiger partial charge in [0.05, 0.1) is 6.61 Å². The fraction of sp³-hybridized carbons (Fsp3) is 0.800. The number of anilines is 1. The second-order valence-electron chi connectivity index (χ2n) is 10.7. The van der Waals surface area contributed by atoms with Gasteiger partial charge in [0, 0.05) is 62.4 Å². The zero-order chi connectivity index (χ0) is 23.1. The Bertz CT molecular complexity index is 728. The topological polar surface area (TPSA) is 70.6 Å².